The third-order valence-corrected chi connectivity index (χ3v) is 7.08. The van der Waals surface area contributed by atoms with Crippen LogP contribution in [0.5, 0.6) is 5.75 Å². The molecule has 2 unspecified atom stereocenters. The zero-order valence-corrected chi connectivity index (χ0v) is 16.9. The number of hydrogen-bond donors (Lipinski definition) is 2. The molecule has 144 valence electrons. The van der Waals surface area contributed by atoms with Crippen molar-refractivity contribution >= 4 is 17.3 Å². The molecule has 0 saturated heterocycles. The van der Waals surface area contributed by atoms with Gasteiger partial charge >= 0.3 is 0 Å². The van der Waals surface area contributed by atoms with Gasteiger partial charge in [-0.15, -0.1) is 0 Å². The molecule has 1 aliphatic heterocycles. The van der Waals surface area contributed by atoms with Crippen LogP contribution >= 0.6 is 11.6 Å². The lowest BCUT2D eigenvalue weighted by atomic mass is 9.60. The van der Waals surface area contributed by atoms with E-state index in [4.69, 9.17) is 16.3 Å². The number of methoxy groups -OCH3 is 1. The molecule has 0 bridgehead atoms. The molecule has 2 N–H and O–H groups in total. The van der Waals surface area contributed by atoms with Crippen molar-refractivity contribution in [2.75, 3.05) is 12.4 Å². The molecular formula is C22H25ClFNO2. The highest BCUT2D eigenvalue weighted by molar-refractivity contribution is 6.33. The fraction of sp³-hybridized carbons (Fsp3) is 0.455. The highest BCUT2D eigenvalue weighted by Gasteiger charge is 2.62. The van der Waals surface area contributed by atoms with Gasteiger partial charge in [0, 0.05) is 28.3 Å². The van der Waals surface area contributed by atoms with Crippen LogP contribution in [-0.2, 0) is 5.41 Å². The molecule has 3 nitrogen and oxygen atoms in total. The van der Waals surface area contributed by atoms with E-state index in [1.165, 1.54) is 19.2 Å². The van der Waals surface area contributed by atoms with Gasteiger partial charge in [-0.1, -0.05) is 18.5 Å². The van der Waals surface area contributed by atoms with Crippen molar-refractivity contribution in [3.05, 3.63) is 46.7 Å². The molecule has 0 aromatic heterocycles. The van der Waals surface area contributed by atoms with Gasteiger partial charge in [0.1, 0.15) is 11.6 Å². The Balaban J connectivity index is 1.96. The van der Waals surface area contributed by atoms with Crippen LogP contribution in [0, 0.1) is 5.82 Å². The van der Waals surface area contributed by atoms with E-state index in [0.717, 1.165) is 41.6 Å². The fourth-order valence-corrected chi connectivity index (χ4v) is 5.47. The number of anilines is 1. The largest absolute Gasteiger partial charge is 0.496 e. The molecule has 27 heavy (non-hydrogen) atoms. The van der Waals surface area contributed by atoms with Crippen LogP contribution in [0.2, 0.25) is 5.02 Å². The Labute approximate surface area is 164 Å². The minimum absolute atomic E-state index is 0.356. The molecule has 1 fully saturated rings. The van der Waals surface area contributed by atoms with Gasteiger partial charge in [-0.2, -0.15) is 0 Å². The third kappa shape index (κ3) is 2.43. The quantitative estimate of drug-likeness (QED) is 0.709. The zero-order valence-electron chi connectivity index (χ0n) is 16.1. The monoisotopic (exact) mass is 389 g/mol. The van der Waals surface area contributed by atoms with Gasteiger partial charge < -0.3 is 15.2 Å². The second kappa shape index (κ2) is 5.86. The molecule has 0 spiro atoms. The average molecular weight is 390 g/mol. The normalized spacial score (nSPS) is 28.3. The van der Waals surface area contributed by atoms with Crippen LogP contribution in [0.3, 0.4) is 0 Å². The molecule has 2 aromatic rings. The molecule has 5 heteroatoms. The summed E-state index contributed by atoms with van der Waals surface area (Å²) in [6, 6.07) is 8.40. The van der Waals surface area contributed by atoms with E-state index in [-0.39, 0.29) is 11.2 Å². The Hall–Kier alpha value is -1.78. The first-order chi connectivity index (χ1) is 12.6. The lowest BCUT2D eigenvalue weighted by Gasteiger charge is -2.55. The highest BCUT2D eigenvalue weighted by Crippen LogP contribution is 2.59. The summed E-state index contributed by atoms with van der Waals surface area (Å²) in [5, 5.41) is 15.7. The summed E-state index contributed by atoms with van der Waals surface area (Å²) in [4.78, 5) is 0. The Morgan fingerprint density at radius 1 is 1.11 bits per heavy atom. The summed E-state index contributed by atoms with van der Waals surface area (Å²) in [5.41, 5.74) is 1.81. The molecule has 1 heterocycles. The minimum Gasteiger partial charge on any atom is -0.496 e. The number of hydrogen-bond acceptors (Lipinski definition) is 3. The lowest BCUT2D eigenvalue weighted by molar-refractivity contribution is -0.0628. The number of nitrogens with one attached hydrogen (secondary N) is 1. The predicted molar refractivity (Wildman–Crippen MR) is 107 cm³/mol. The smallest absolute Gasteiger partial charge is 0.129 e. The van der Waals surface area contributed by atoms with Gasteiger partial charge in [-0.05, 0) is 62.9 Å². The minimum atomic E-state index is -0.856. The molecule has 1 saturated carbocycles. The maximum absolute atomic E-state index is 13.6. The van der Waals surface area contributed by atoms with E-state index in [2.05, 4.69) is 12.2 Å². The molecule has 0 amide bonds. The Bertz CT molecular complexity index is 929. The summed E-state index contributed by atoms with van der Waals surface area (Å²) in [6.07, 6.45) is 2.62. The lowest BCUT2D eigenvalue weighted by Crippen LogP contribution is -2.65. The van der Waals surface area contributed by atoms with E-state index in [1.54, 1.807) is 6.07 Å². The third-order valence-electron chi connectivity index (χ3n) is 6.76. The molecule has 2 aromatic carbocycles. The molecular weight excluding hydrogens is 365 g/mol. The first-order valence-corrected chi connectivity index (χ1v) is 9.69. The summed E-state index contributed by atoms with van der Waals surface area (Å²) < 4.78 is 19.0. The van der Waals surface area contributed by atoms with E-state index >= 15 is 0 Å². The summed E-state index contributed by atoms with van der Waals surface area (Å²) in [5.74, 6) is 0.0815. The van der Waals surface area contributed by atoms with Crippen molar-refractivity contribution in [1.82, 2.24) is 0 Å². The zero-order chi connectivity index (χ0) is 19.6. The van der Waals surface area contributed by atoms with Crippen molar-refractivity contribution in [1.29, 1.82) is 0 Å². The van der Waals surface area contributed by atoms with Gasteiger partial charge in [0.05, 0.1) is 23.3 Å². The summed E-state index contributed by atoms with van der Waals surface area (Å²) in [7, 11) is 1.52. The maximum atomic E-state index is 13.6. The first kappa shape index (κ1) is 18.6. The van der Waals surface area contributed by atoms with Gasteiger partial charge in [0.2, 0.25) is 0 Å². The number of fused-ring (bicyclic) bond motifs is 3. The number of rotatable bonds is 2. The van der Waals surface area contributed by atoms with Crippen LogP contribution in [0.1, 0.15) is 45.6 Å². The number of aliphatic hydroxyl groups is 1. The fourth-order valence-electron chi connectivity index (χ4n) is 5.21. The standard InChI is InChI=1S/C22H25ClFNO2/c1-20(2)22(26)9-5-8-21(22,3)16-11-15(17(23)12-18(16)25-20)14-7-6-13(24)10-19(14)27-4/h6-7,10-12,25-26H,5,8-9H2,1-4H3. The predicted octanol–water partition coefficient (Wildman–Crippen LogP) is 5.53. The summed E-state index contributed by atoms with van der Waals surface area (Å²) in [6.45, 7) is 6.23. The van der Waals surface area contributed by atoms with Gasteiger partial charge in [-0.25, -0.2) is 4.39 Å². The van der Waals surface area contributed by atoms with Crippen LogP contribution in [0.25, 0.3) is 11.1 Å². The van der Waals surface area contributed by atoms with Gasteiger partial charge in [-0.3, -0.25) is 0 Å². The topological polar surface area (TPSA) is 41.5 Å². The van der Waals surface area contributed by atoms with Gasteiger partial charge in [0.25, 0.3) is 0 Å². The van der Waals surface area contributed by atoms with Crippen LogP contribution in [0.4, 0.5) is 10.1 Å². The molecule has 4 rings (SSSR count). The van der Waals surface area contributed by atoms with Crippen LogP contribution in [0.15, 0.2) is 30.3 Å². The van der Waals surface area contributed by atoms with E-state index in [9.17, 15) is 9.50 Å². The van der Waals surface area contributed by atoms with Crippen molar-refractivity contribution < 1.29 is 14.2 Å². The SMILES string of the molecule is COc1cc(F)ccc1-c1cc2c(cc1Cl)NC(C)(C)C1(O)CCCC21C. The Morgan fingerprint density at radius 3 is 2.56 bits per heavy atom. The van der Waals surface area contributed by atoms with Crippen molar-refractivity contribution in [2.24, 2.45) is 0 Å². The Morgan fingerprint density at radius 2 is 1.85 bits per heavy atom. The highest BCUT2D eigenvalue weighted by atomic mass is 35.5. The van der Waals surface area contributed by atoms with Crippen LogP contribution < -0.4 is 10.1 Å². The maximum Gasteiger partial charge on any atom is 0.129 e. The second-order valence-corrected chi connectivity index (χ2v) is 8.93. The molecule has 1 aliphatic carbocycles. The summed E-state index contributed by atoms with van der Waals surface area (Å²) >= 11 is 6.63. The molecule has 2 atom stereocenters. The van der Waals surface area contributed by atoms with Crippen LogP contribution in [-0.4, -0.2) is 23.4 Å². The number of benzene rings is 2. The van der Waals surface area contributed by atoms with Gasteiger partial charge in [0.15, 0.2) is 0 Å². The number of halogens is 2. The Kier molecular flexibility index (Phi) is 4.03. The molecule has 0 radical (unpaired) electrons. The van der Waals surface area contributed by atoms with Crippen molar-refractivity contribution in [2.45, 2.75) is 56.6 Å². The average Bonchev–Trinajstić information content (AvgIpc) is 2.92. The second-order valence-electron chi connectivity index (χ2n) is 8.52. The van der Waals surface area contributed by atoms with E-state index in [1.807, 2.05) is 26.0 Å². The van der Waals surface area contributed by atoms with E-state index in [0.29, 0.717) is 10.8 Å². The van der Waals surface area contributed by atoms with E-state index < -0.39 is 11.1 Å². The number of ether oxygens (including phenoxy) is 1. The van der Waals surface area contributed by atoms with Crippen molar-refractivity contribution in [3.8, 4) is 16.9 Å². The first-order valence-electron chi connectivity index (χ1n) is 9.31. The van der Waals surface area contributed by atoms with Crippen molar-refractivity contribution in [3.63, 3.8) is 0 Å². The molecule has 2 aliphatic rings.